The van der Waals surface area contributed by atoms with Crippen LogP contribution in [0.3, 0.4) is 0 Å². The Balaban J connectivity index is 0.791. The number of imidazole rings is 1. The molecule has 0 spiro atoms. The summed E-state index contributed by atoms with van der Waals surface area (Å²) in [5.41, 5.74) is 2.66. The minimum atomic E-state index is -1.34. The summed E-state index contributed by atoms with van der Waals surface area (Å²) < 4.78 is 34.5. The van der Waals surface area contributed by atoms with Crippen molar-refractivity contribution in [2.45, 2.75) is 57.1 Å². The van der Waals surface area contributed by atoms with Gasteiger partial charge in [0.05, 0.1) is 54.1 Å². The molecule has 3 aliphatic heterocycles. The molecule has 3 aliphatic rings. The summed E-state index contributed by atoms with van der Waals surface area (Å²) in [6.07, 6.45) is 6.50. The molecule has 6 aromatic rings. The molecule has 0 saturated carbocycles. The third-order valence-corrected chi connectivity index (χ3v) is 13.0. The van der Waals surface area contributed by atoms with E-state index in [1.54, 1.807) is 50.4 Å². The van der Waals surface area contributed by atoms with Crippen molar-refractivity contribution >= 4 is 81.2 Å². The van der Waals surface area contributed by atoms with E-state index in [-0.39, 0.29) is 84.1 Å². The van der Waals surface area contributed by atoms with Crippen LogP contribution in [0, 0.1) is 0 Å². The van der Waals surface area contributed by atoms with Gasteiger partial charge in [-0.15, -0.1) is 0 Å². The number of ether oxygens (including phenoxy) is 5. The molecule has 7 heterocycles. The number of nitrogens with zero attached hydrogens (tertiary/aromatic N) is 8. The molecule has 2 saturated heterocycles. The third kappa shape index (κ3) is 11.3. The van der Waals surface area contributed by atoms with Crippen LogP contribution in [0.5, 0.6) is 11.5 Å². The molecule has 0 bridgehead atoms. The summed E-state index contributed by atoms with van der Waals surface area (Å²) in [6.45, 7) is 8.31. The van der Waals surface area contributed by atoms with E-state index in [4.69, 9.17) is 23.7 Å². The maximum atomic E-state index is 14.0. The number of aromatic nitrogens is 6. The van der Waals surface area contributed by atoms with Gasteiger partial charge in [-0.1, -0.05) is 24.8 Å². The molecular weight excluding hydrogens is 1000 g/mol. The van der Waals surface area contributed by atoms with Crippen molar-refractivity contribution in [1.29, 1.82) is 0 Å². The van der Waals surface area contributed by atoms with Gasteiger partial charge in [-0.25, -0.2) is 19.5 Å². The first-order valence-corrected chi connectivity index (χ1v) is 24.5. The highest BCUT2D eigenvalue weighted by Gasteiger charge is 2.48. The Labute approximate surface area is 439 Å². The van der Waals surface area contributed by atoms with Crippen LogP contribution in [-0.4, -0.2) is 132 Å². The van der Waals surface area contributed by atoms with Gasteiger partial charge in [0.2, 0.25) is 11.7 Å². The highest BCUT2D eigenvalue weighted by Crippen LogP contribution is 2.43. The molecule has 402 valence electrons. The topological polar surface area (TPSA) is 286 Å². The highest BCUT2D eigenvalue weighted by atomic mass is 16.7. The number of benzene rings is 2. The Morgan fingerprint density at radius 2 is 1.64 bits per heavy atom. The van der Waals surface area contributed by atoms with E-state index in [0.717, 1.165) is 23.3 Å². The smallest absolute Gasteiger partial charge is 0.414 e. The van der Waals surface area contributed by atoms with Crippen LogP contribution in [0.15, 0.2) is 92.1 Å². The standard InChI is InChI=1S/C52H56N12O13/c1-7-15-76-51(70)56-31-14-13-30-24-53-64(35(30)19-31)49(69)38-21-33(27-60(38)4)54-46(66)37-20-32(26-59(37)3)55-47(67)45-58-42(28-61(45)5)57-43(65)11-10-17-74-41-23-36-34(22-40(41)73-6)48(68)62-25-29(2)18-39(62)50(63(36)52(71)72)77-44-12-8-9-16-75-44/h7,13-14,19-24,26-28,39,44,50H,1-2,8-12,15-18,25H2,3-6H3,(H,54,66)(H,55,67)(H,56,70)(H,57,65)(H,71,72). The summed E-state index contributed by atoms with van der Waals surface area (Å²) in [7, 11) is 6.23. The van der Waals surface area contributed by atoms with E-state index in [0.29, 0.717) is 41.7 Å². The SMILES string of the molecule is C=CCOC(=O)Nc1ccc2cnn(C(=O)c3cc(NC(=O)c4cc(NC(=O)c5nc(NC(=O)CCCOc6cc7c(cc6OC)C(=O)N6CC(=C)CC6C(OC6CCCCO6)N7C(=O)O)cn5C)cn4C)cn3C)c2c1. The van der Waals surface area contributed by atoms with E-state index in [1.165, 1.54) is 74.4 Å². The van der Waals surface area contributed by atoms with Crippen molar-refractivity contribution in [1.82, 2.24) is 33.4 Å². The number of methoxy groups -OCH3 is 1. The number of amides is 6. The van der Waals surface area contributed by atoms with Gasteiger partial charge in [0.1, 0.15) is 18.0 Å². The molecule has 6 amide bonds. The second-order valence-electron chi connectivity index (χ2n) is 18.5. The minimum Gasteiger partial charge on any atom is -0.493 e. The molecule has 2 fully saturated rings. The molecule has 25 heteroatoms. The molecule has 5 N–H and O–H groups in total. The summed E-state index contributed by atoms with van der Waals surface area (Å²) in [5.74, 6) is -2.13. The number of carboxylic acid groups (broad SMARTS) is 1. The fourth-order valence-electron chi connectivity index (χ4n) is 9.40. The first-order valence-electron chi connectivity index (χ1n) is 24.5. The van der Waals surface area contributed by atoms with Gasteiger partial charge in [-0.3, -0.25) is 29.3 Å². The lowest BCUT2D eigenvalue weighted by molar-refractivity contribution is -0.195. The lowest BCUT2D eigenvalue weighted by Gasteiger charge is -2.37. The second-order valence-corrected chi connectivity index (χ2v) is 18.5. The fourth-order valence-corrected chi connectivity index (χ4v) is 9.40. The number of carbonyl (C=O) groups is 7. The molecule has 77 heavy (non-hydrogen) atoms. The Morgan fingerprint density at radius 3 is 2.36 bits per heavy atom. The van der Waals surface area contributed by atoms with Crippen molar-refractivity contribution in [3.05, 3.63) is 115 Å². The van der Waals surface area contributed by atoms with Crippen molar-refractivity contribution in [3.8, 4) is 11.5 Å². The summed E-state index contributed by atoms with van der Waals surface area (Å²) in [4.78, 5) is 100.0. The lowest BCUT2D eigenvalue weighted by Crippen LogP contribution is -2.53. The van der Waals surface area contributed by atoms with Crippen LogP contribution in [0.2, 0.25) is 0 Å². The number of aryl methyl sites for hydroxylation is 3. The number of anilines is 5. The maximum absolute atomic E-state index is 14.0. The first-order chi connectivity index (χ1) is 37.0. The molecule has 2 aromatic carbocycles. The predicted octanol–water partition coefficient (Wildman–Crippen LogP) is 6.32. The highest BCUT2D eigenvalue weighted by molar-refractivity contribution is 6.08. The summed E-state index contributed by atoms with van der Waals surface area (Å²) in [6, 6.07) is 10.1. The monoisotopic (exact) mass is 1060 g/mol. The molecule has 3 atom stereocenters. The number of hydrogen-bond acceptors (Lipinski definition) is 14. The Kier molecular flexibility index (Phi) is 15.3. The van der Waals surface area contributed by atoms with Crippen molar-refractivity contribution in [2.24, 2.45) is 21.1 Å². The second kappa shape index (κ2) is 22.3. The lowest BCUT2D eigenvalue weighted by atomic mass is 10.1. The van der Waals surface area contributed by atoms with Crippen LogP contribution in [0.1, 0.15) is 80.5 Å². The Bertz CT molecular complexity index is 3340. The Hall–Kier alpha value is -9.23. The third-order valence-electron chi connectivity index (χ3n) is 13.0. The van der Waals surface area contributed by atoms with Crippen LogP contribution >= 0.6 is 0 Å². The number of rotatable bonds is 17. The molecule has 3 unspecified atom stereocenters. The van der Waals surface area contributed by atoms with Crippen LogP contribution < -0.4 is 35.6 Å². The maximum Gasteiger partial charge on any atom is 0.414 e. The summed E-state index contributed by atoms with van der Waals surface area (Å²) >= 11 is 0. The number of hydrogen-bond donors (Lipinski definition) is 5. The van der Waals surface area contributed by atoms with Gasteiger partial charge < -0.3 is 63.3 Å². The van der Waals surface area contributed by atoms with E-state index >= 15 is 0 Å². The van der Waals surface area contributed by atoms with Gasteiger partial charge in [0, 0.05) is 76.4 Å². The van der Waals surface area contributed by atoms with Gasteiger partial charge in [0.25, 0.3) is 23.6 Å². The molecule has 9 rings (SSSR count). The quantitative estimate of drug-likeness (QED) is 0.0494. The van der Waals surface area contributed by atoms with E-state index in [9.17, 15) is 38.7 Å². The normalized spacial score (nSPS) is 17.0. The van der Waals surface area contributed by atoms with Crippen molar-refractivity contribution in [3.63, 3.8) is 0 Å². The van der Waals surface area contributed by atoms with Crippen LogP contribution in [-0.2, 0) is 40.1 Å². The fraction of sp³-hybridized carbons (Fsp3) is 0.327. The number of carbonyl (C=O) groups excluding carboxylic acids is 6. The Morgan fingerprint density at radius 1 is 0.883 bits per heavy atom. The summed E-state index contributed by atoms with van der Waals surface area (Å²) in [5, 5.41) is 26.3. The van der Waals surface area contributed by atoms with E-state index in [1.807, 2.05) is 0 Å². The zero-order valence-corrected chi connectivity index (χ0v) is 42.6. The van der Waals surface area contributed by atoms with Gasteiger partial charge in [-0.2, -0.15) is 9.78 Å². The first kappa shape index (κ1) is 52.6. The molecule has 0 radical (unpaired) electrons. The van der Waals surface area contributed by atoms with Crippen molar-refractivity contribution < 1.29 is 62.4 Å². The largest absolute Gasteiger partial charge is 0.493 e. The molecular formula is C52H56N12O13. The molecule has 0 aliphatic carbocycles. The molecule has 4 aromatic heterocycles. The van der Waals surface area contributed by atoms with Crippen LogP contribution in [0.4, 0.5) is 38.2 Å². The zero-order valence-electron chi connectivity index (χ0n) is 42.6. The van der Waals surface area contributed by atoms with E-state index in [2.05, 4.69) is 44.5 Å². The number of fused-ring (bicyclic) bond motifs is 3. The average Bonchev–Trinajstić information content (AvgIpc) is 4.26. The van der Waals surface area contributed by atoms with Gasteiger partial charge >= 0.3 is 12.2 Å². The molecule has 25 nitrogen and oxygen atoms in total. The zero-order chi connectivity index (χ0) is 54.7. The minimum absolute atomic E-state index is 0.00423. The van der Waals surface area contributed by atoms with Gasteiger partial charge in [0.15, 0.2) is 29.8 Å². The predicted molar refractivity (Wildman–Crippen MR) is 278 cm³/mol. The number of nitrogens with one attached hydrogen (secondary N) is 4. The average molecular weight is 1060 g/mol. The van der Waals surface area contributed by atoms with E-state index < -0.39 is 60.3 Å². The van der Waals surface area contributed by atoms with Gasteiger partial charge in [-0.05, 0) is 68.5 Å². The van der Waals surface area contributed by atoms with Crippen molar-refractivity contribution in [2.75, 3.05) is 59.6 Å². The van der Waals surface area contributed by atoms with Crippen LogP contribution in [0.25, 0.3) is 10.9 Å².